The lowest BCUT2D eigenvalue weighted by molar-refractivity contribution is -0.151. The van der Waals surface area contributed by atoms with Crippen LogP contribution in [0.5, 0.6) is 0 Å². The van der Waals surface area contributed by atoms with Crippen LogP contribution in [0, 0.1) is 5.92 Å². The van der Waals surface area contributed by atoms with Crippen LogP contribution < -0.4 is 5.32 Å². The summed E-state index contributed by atoms with van der Waals surface area (Å²) in [6.07, 6.45) is 1.83. The largest absolute Gasteiger partial charge is 0.480 e. The van der Waals surface area contributed by atoms with E-state index in [9.17, 15) is 24.6 Å². The molecule has 3 N–H and O–H groups in total. The molecule has 1 saturated heterocycles. The number of carboxylic acid groups (broad SMARTS) is 2. The maximum Gasteiger partial charge on any atom is 0.326 e. The number of carbonyl (C=O) groups is 3. The molecule has 2 fully saturated rings. The summed E-state index contributed by atoms with van der Waals surface area (Å²) in [5, 5.41) is 22.1. The average Bonchev–Trinajstić information content (AvgIpc) is 3.20. The Hall–Kier alpha value is -2.41. The average molecular weight is 409 g/mol. The van der Waals surface area contributed by atoms with Gasteiger partial charge in [0.15, 0.2) is 0 Å². The predicted octanol–water partition coefficient (Wildman–Crippen LogP) is 2.29. The summed E-state index contributed by atoms with van der Waals surface area (Å²) < 4.78 is 47.6. The summed E-state index contributed by atoms with van der Waals surface area (Å²) in [5.41, 5.74) is -0.321. The highest BCUT2D eigenvalue weighted by molar-refractivity contribution is 5.88. The normalized spacial score (nSPS) is 29.8. The van der Waals surface area contributed by atoms with Crippen LogP contribution in [0.15, 0.2) is 30.2 Å². The third-order valence-corrected chi connectivity index (χ3v) is 5.82. The standard InChI is InChI=1S/C22H30N2O5/c1-14(23-17(21(26)27)12-11-15-7-3-2-4-8-15)20(25)24-18-10-6-5-9-16(18)13-19(24)22(28)29/h2-4,7-8,14,16-19,23H,5-6,9-13H2,1H3,(H,26,27)(H,28,29)/t14-,16+,17-,18-,19-/m0/s1/i2D,3D,4D,7D,8D,11D/t11?,14-,16+,17-,18-,19-. The minimum Gasteiger partial charge on any atom is -0.480 e. The third-order valence-electron chi connectivity index (χ3n) is 5.82. The van der Waals surface area contributed by atoms with Gasteiger partial charge in [0, 0.05) is 7.41 Å². The summed E-state index contributed by atoms with van der Waals surface area (Å²) in [6, 6.07) is -6.67. The monoisotopic (exact) mass is 408 g/mol. The third kappa shape index (κ3) is 4.96. The van der Waals surface area contributed by atoms with E-state index in [1.54, 1.807) is 0 Å². The molecule has 0 bridgehead atoms. The van der Waals surface area contributed by atoms with E-state index in [1.165, 1.54) is 11.8 Å². The molecule has 0 aromatic heterocycles. The van der Waals surface area contributed by atoms with Crippen LogP contribution in [0.1, 0.15) is 59.2 Å². The van der Waals surface area contributed by atoms with Crippen molar-refractivity contribution in [3.05, 3.63) is 35.8 Å². The first-order valence-electron chi connectivity index (χ1n) is 13.0. The molecule has 1 amide bonds. The second-order valence-corrected chi connectivity index (χ2v) is 7.70. The molecule has 1 saturated carbocycles. The second-order valence-electron chi connectivity index (χ2n) is 7.70. The smallest absolute Gasteiger partial charge is 0.326 e. The van der Waals surface area contributed by atoms with Gasteiger partial charge >= 0.3 is 11.9 Å². The molecule has 6 atom stereocenters. The lowest BCUT2D eigenvalue weighted by atomic mass is 9.84. The van der Waals surface area contributed by atoms with Crippen molar-refractivity contribution in [2.45, 2.75) is 76.0 Å². The maximum atomic E-state index is 13.3. The van der Waals surface area contributed by atoms with Crippen LogP contribution in [0.4, 0.5) is 0 Å². The predicted molar refractivity (Wildman–Crippen MR) is 107 cm³/mol. The molecular formula is C22H30N2O5. The number of fused-ring (bicyclic) bond motifs is 1. The van der Waals surface area contributed by atoms with Gasteiger partial charge in [-0.1, -0.05) is 43.1 Å². The first kappa shape index (κ1) is 14.6. The van der Waals surface area contributed by atoms with Crippen molar-refractivity contribution < 1.29 is 32.8 Å². The zero-order valence-corrected chi connectivity index (χ0v) is 16.3. The SMILES string of the molecule is [2H]c1c([2H])c([2H])c(C([2H])C[C@H](N[C@@H](C)C(=O)N2[C@H](C(=O)O)C[C@H]3CCCC[C@@H]32)C(=O)O)c([2H])c1[2H]. The molecule has 1 aliphatic heterocycles. The van der Waals surface area contributed by atoms with Crippen molar-refractivity contribution >= 4 is 17.8 Å². The number of benzene rings is 1. The van der Waals surface area contributed by atoms with Crippen molar-refractivity contribution in [3.8, 4) is 0 Å². The highest BCUT2D eigenvalue weighted by Gasteiger charge is 2.48. The minimum atomic E-state index is -1.47. The Labute approximate surface area is 179 Å². The van der Waals surface area contributed by atoms with E-state index in [0.29, 0.717) is 12.8 Å². The Balaban J connectivity index is 1.79. The zero-order chi connectivity index (χ0) is 26.2. The second kappa shape index (κ2) is 9.39. The fourth-order valence-corrected chi connectivity index (χ4v) is 4.43. The Morgan fingerprint density at radius 2 is 1.93 bits per heavy atom. The summed E-state index contributed by atoms with van der Waals surface area (Å²) >= 11 is 0. The van der Waals surface area contributed by atoms with Crippen molar-refractivity contribution in [2.24, 2.45) is 5.92 Å². The van der Waals surface area contributed by atoms with Crippen molar-refractivity contribution in [3.63, 3.8) is 0 Å². The first-order chi connectivity index (χ1) is 16.4. The van der Waals surface area contributed by atoms with Crippen LogP contribution in [0.3, 0.4) is 0 Å². The van der Waals surface area contributed by atoms with Gasteiger partial charge in [-0.15, -0.1) is 0 Å². The number of hydrogen-bond donors (Lipinski definition) is 3. The van der Waals surface area contributed by atoms with Crippen molar-refractivity contribution in [1.29, 1.82) is 0 Å². The van der Waals surface area contributed by atoms with Crippen LogP contribution >= 0.6 is 0 Å². The molecule has 0 spiro atoms. The number of hydrogen-bond acceptors (Lipinski definition) is 4. The number of nitrogens with zero attached hydrogens (tertiary/aromatic N) is 1. The molecule has 1 heterocycles. The van der Waals surface area contributed by atoms with Gasteiger partial charge in [-0.2, -0.15) is 0 Å². The van der Waals surface area contributed by atoms with Gasteiger partial charge in [-0.25, -0.2) is 4.79 Å². The van der Waals surface area contributed by atoms with Crippen molar-refractivity contribution in [1.82, 2.24) is 10.2 Å². The highest BCUT2D eigenvalue weighted by Crippen LogP contribution is 2.40. The van der Waals surface area contributed by atoms with Crippen LogP contribution in [0.25, 0.3) is 0 Å². The fraction of sp³-hybridized carbons (Fsp3) is 0.591. The van der Waals surface area contributed by atoms with Crippen LogP contribution in [0.2, 0.25) is 0 Å². The number of carbonyl (C=O) groups excluding carboxylic acids is 1. The Kier molecular flexibility index (Phi) is 4.71. The van der Waals surface area contributed by atoms with Crippen LogP contribution in [-0.2, 0) is 20.8 Å². The molecule has 7 heteroatoms. The van der Waals surface area contributed by atoms with E-state index in [0.717, 1.165) is 19.3 Å². The molecular weight excluding hydrogens is 372 g/mol. The van der Waals surface area contributed by atoms with E-state index in [2.05, 4.69) is 5.32 Å². The molecule has 158 valence electrons. The molecule has 2 aliphatic rings. The minimum absolute atomic E-state index is 0.0954. The lowest BCUT2D eigenvalue weighted by Gasteiger charge is -2.35. The molecule has 29 heavy (non-hydrogen) atoms. The van der Waals surface area contributed by atoms with Gasteiger partial charge in [-0.3, -0.25) is 14.9 Å². The molecule has 3 rings (SSSR count). The Morgan fingerprint density at radius 3 is 2.59 bits per heavy atom. The number of aliphatic carboxylic acids is 2. The molecule has 0 radical (unpaired) electrons. The summed E-state index contributed by atoms with van der Waals surface area (Å²) in [6.45, 7) is 1.44. The molecule has 7 nitrogen and oxygen atoms in total. The first-order valence-corrected chi connectivity index (χ1v) is 9.89. The van der Waals surface area contributed by atoms with Gasteiger partial charge < -0.3 is 15.1 Å². The zero-order valence-electron chi connectivity index (χ0n) is 22.3. The molecule has 1 aromatic rings. The summed E-state index contributed by atoms with van der Waals surface area (Å²) in [7, 11) is 0. The lowest BCUT2D eigenvalue weighted by Crippen LogP contribution is -2.55. The molecule has 1 aliphatic carbocycles. The van der Waals surface area contributed by atoms with Crippen LogP contribution in [-0.4, -0.2) is 57.1 Å². The van der Waals surface area contributed by atoms with Gasteiger partial charge in [-0.05, 0) is 50.5 Å². The quantitative estimate of drug-likeness (QED) is 0.609. The van der Waals surface area contributed by atoms with E-state index < -0.39 is 79.0 Å². The number of amides is 1. The fourth-order valence-electron chi connectivity index (χ4n) is 4.43. The van der Waals surface area contributed by atoms with E-state index in [4.69, 9.17) is 8.22 Å². The topological polar surface area (TPSA) is 107 Å². The summed E-state index contributed by atoms with van der Waals surface area (Å²) in [4.78, 5) is 38.5. The van der Waals surface area contributed by atoms with Gasteiger partial charge in [0.2, 0.25) is 5.91 Å². The maximum absolute atomic E-state index is 13.3. The van der Waals surface area contributed by atoms with Crippen molar-refractivity contribution in [2.75, 3.05) is 0 Å². The highest BCUT2D eigenvalue weighted by atomic mass is 16.4. The Bertz CT molecular complexity index is 996. The number of carboxylic acids is 2. The number of nitrogens with one attached hydrogen (secondary N) is 1. The van der Waals surface area contributed by atoms with E-state index >= 15 is 0 Å². The summed E-state index contributed by atoms with van der Waals surface area (Å²) in [5.74, 6) is -2.90. The molecule has 1 unspecified atom stereocenters. The van der Waals surface area contributed by atoms with Gasteiger partial charge in [0.1, 0.15) is 12.1 Å². The Morgan fingerprint density at radius 1 is 1.24 bits per heavy atom. The van der Waals surface area contributed by atoms with Gasteiger partial charge in [0.05, 0.1) is 12.9 Å². The van der Waals surface area contributed by atoms with Gasteiger partial charge in [0.25, 0.3) is 0 Å². The molecule has 1 aromatic carbocycles. The number of rotatable bonds is 8. The number of likely N-dealkylation sites (tertiary alicyclic amines) is 1. The van der Waals surface area contributed by atoms with E-state index in [-0.39, 0.29) is 17.5 Å². The van der Waals surface area contributed by atoms with E-state index in [1.807, 2.05) is 0 Å².